The topological polar surface area (TPSA) is 49.3 Å². The molecule has 1 atom stereocenters. The molecule has 0 radical (unpaired) electrons. The highest BCUT2D eigenvalue weighted by Gasteiger charge is 2.44. The normalized spacial score (nSPS) is 31.6. The van der Waals surface area contributed by atoms with E-state index in [4.69, 9.17) is 5.11 Å². The molecule has 0 aliphatic heterocycles. The monoisotopic (exact) mass is 185 g/mol. The van der Waals surface area contributed by atoms with E-state index in [2.05, 4.69) is 26.1 Å². The highest BCUT2D eigenvalue weighted by atomic mass is 16.4. The number of hydrogen-bond acceptors (Lipinski definition) is 1. The maximum absolute atomic E-state index is 10.4. The molecule has 1 fully saturated rings. The van der Waals surface area contributed by atoms with Gasteiger partial charge in [0.2, 0.25) is 0 Å². The van der Waals surface area contributed by atoms with Gasteiger partial charge in [0.05, 0.1) is 0 Å². The molecule has 0 spiro atoms. The van der Waals surface area contributed by atoms with Crippen LogP contribution in [-0.4, -0.2) is 17.7 Å². The summed E-state index contributed by atoms with van der Waals surface area (Å²) in [6.07, 6.45) is 2.62. The molecule has 0 bridgehead atoms. The summed E-state index contributed by atoms with van der Waals surface area (Å²) in [6.45, 7) is 7.21. The van der Waals surface area contributed by atoms with Gasteiger partial charge >= 0.3 is 6.09 Å². The minimum absolute atomic E-state index is 0.130. The van der Waals surface area contributed by atoms with Crippen molar-refractivity contribution in [1.82, 2.24) is 5.32 Å². The lowest BCUT2D eigenvalue weighted by Gasteiger charge is -2.38. The highest BCUT2D eigenvalue weighted by Crippen LogP contribution is 2.51. The van der Waals surface area contributed by atoms with Gasteiger partial charge in [-0.1, -0.05) is 27.2 Å². The molecule has 1 saturated carbocycles. The van der Waals surface area contributed by atoms with Crippen LogP contribution in [0.2, 0.25) is 0 Å². The molecule has 3 nitrogen and oxygen atoms in total. The molecule has 3 heteroatoms. The SMILES string of the molecule is CC1(C)CCCC1(C)CNC(=O)O. The molecule has 0 saturated heterocycles. The van der Waals surface area contributed by atoms with Crippen LogP contribution in [0, 0.1) is 10.8 Å². The zero-order valence-electron chi connectivity index (χ0n) is 8.68. The fraction of sp³-hybridized carbons (Fsp3) is 0.900. The van der Waals surface area contributed by atoms with Crippen LogP contribution in [0.1, 0.15) is 40.0 Å². The summed E-state index contributed by atoms with van der Waals surface area (Å²) >= 11 is 0. The molecule has 0 aromatic rings. The van der Waals surface area contributed by atoms with Gasteiger partial charge < -0.3 is 10.4 Å². The van der Waals surface area contributed by atoms with Gasteiger partial charge in [0.25, 0.3) is 0 Å². The maximum Gasteiger partial charge on any atom is 0.404 e. The Morgan fingerprint density at radius 1 is 1.38 bits per heavy atom. The lowest BCUT2D eigenvalue weighted by Crippen LogP contribution is -2.41. The van der Waals surface area contributed by atoms with E-state index in [1.807, 2.05) is 0 Å². The molecule has 13 heavy (non-hydrogen) atoms. The molecule has 1 aliphatic rings. The first-order chi connectivity index (χ1) is 5.87. The zero-order valence-corrected chi connectivity index (χ0v) is 8.68. The van der Waals surface area contributed by atoms with E-state index in [1.54, 1.807) is 0 Å². The van der Waals surface area contributed by atoms with Crippen LogP contribution in [0.5, 0.6) is 0 Å². The Morgan fingerprint density at radius 3 is 2.38 bits per heavy atom. The van der Waals surface area contributed by atoms with Gasteiger partial charge in [-0.2, -0.15) is 0 Å². The number of carboxylic acid groups (broad SMARTS) is 1. The Bertz CT molecular complexity index is 213. The molecule has 2 N–H and O–H groups in total. The first-order valence-corrected chi connectivity index (χ1v) is 4.84. The molecule has 0 aromatic carbocycles. The lowest BCUT2D eigenvalue weighted by molar-refractivity contribution is 0.124. The van der Waals surface area contributed by atoms with Gasteiger partial charge in [-0.05, 0) is 23.7 Å². The van der Waals surface area contributed by atoms with Crippen molar-refractivity contribution in [1.29, 1.82) is 0 Å². The van der Waals surface area contributed by atoms with Crippen molar-refractivity contribution < 1.29 is 9.90 Å². The van der Waals surface area contributed by atoms with Gasteiger partial charge in [-0.3, -0.25) is 0 Å². The van der Waals surface area contributed by atoms with Gasteiger partial charge in [0, 0.05) is 6.54 Å². The molecular formula is C10H19NO2. The first-order valence-electron chi connectivity index (χ1n) is 4.84. The van der Waals surface area contributed by atoms with Crippen LogP contribution in [0.4, 0.5) is 4.79 Å². The Hall–Kier alpha value is -0.730. The fourth-order valence-corrected chi connectivity index (χ4v) is 2.16. The van der Waals surface area contributed by atoms with Crippen LogP contribution < -0.4 is 5.32 Å². The summed E-state index contributed by atoms with van der Waals surface area (Å²) < 4.78 is 0. The molecule has 1 rings (SSSR count). The summed E-state index contributed by atoms with van der Waals surface area (Å²) in [5.74, 6) is 0. The van der Waals surface area contributed by atoms with E-state index in [0.29, 0.717) is 6.54 Å². The van der Waals surface area contributed by atoms with Gasteiger partial charge in [0.15, 0.2) is 0 Å². The predicted octanol–water partition coefficient (Wildman–Crippen LogP) is 2.47. The zero-order chi connectivity index (χ0) is 10.1. The van der Waals surface area contributed by atoms with Gasteiger partial charge in [0.1, 0.15) is 0 Å². The number of rotatable bonds is 2. The maximum atomic E-state index is 10.4. The lowest BCUT2D eigenvalue weighted by atomic mass is 9.69. The Kier molecular flexibility index (Phi) is 2.55. The van der Waals surface area contributed by atoms with Crippen molar-refractivity contribution in [2.75, 3.05) is 6.54 Å². The van der Waals surface area contributed by atoms with Gasteiger partial charge in [-0.25, -0.2) is 4.79 Å². The van der Waals surface area contributed by atoms with Crippen LogP contribution in [0.3, 0.4) is 0 Å². The molecule has 1 amide bonds. The Morgan fingerprint density at radius 2 is 2.00 bits per heavy atom. The predicted molar refractivity (Wildman–Crippen MR) is 51.8 cm³/mol. The summed E-state index contributed by atoms with van der Waals surface area (Å²) in [6, 6.07) is 0. The van der Waals surface area contributed by atoms with Crippen LogP contribution in [0.25, 0.3) is 0 Å². The number of nitrogens with one attached hydrogen (secondary N) is 1. The smallest absolute Gasteiger partial charge is 0.404 e. The number of carbonyl (C=O) groups is 1. The van der Waals surface area contributed by atoms with Crippen molar-refractivity contribution in [3.63, 3.8) is 0 Å². The fourth-order valence-electron chi connectivity index (χ4n) is 2.16. The third kappa shape index (κ3) is 1.95. The molecule has 1 aliphatic carbocycles. The highest BCUT2D eigenvalue weighted by molar-refractivity contribution is 5.64. The number of amides is 1. The summed E-state index contributed by atoms with van der Waals surface area (Å²) in [5, 5.41) is 11.0. The minimum Gasteiger partial charge on any atom is -0.465 e. The molecule has 1 unspecified atom stereocenters. The average molecular weight is 185 g/mol. The molecule has 0 heterocycles. The Balaban J connectivity index is 2.59. The third-order valence-electron chi connectivity index (χ3n) is 3.79. The second kappa shape index (κ2) is 3.20. The third-order valence-corrected chi connectivity index (χ3v) is 3.79. The second-order valence-corrected chi connectivity index (χ2v) is 4.96. The summed E-state index contributed by atoms with van der Waals surface area (Å²) in [5.41, 5.74) is 0.390. The number of hydrogen-bond donors (Lipinski definition) is 2. The standard InChI is InChI=1S/C10H19NO2/c1-9(2)5-4-6-10(9,3)7-11-8(12)13/h11H,4-7H2,1-3H3,(H,12,13). The van der Waals surface area contributed by atoms with E-state index in [1.165, 1.54) is 12.8 Å². The van der Waals surface area contributed by atoms with E-state index < -0.39 is 6.09 Å². The quantitative estimate of drug-likeness (QED) is 0.694. The van der Waals surface area contributed by atoms with Crippen LogP contribution >= 0.6 is 0 Å². The van der Waals surface area contributed by atoms with E-state index >= 15 is 0 Å². The molecule has 76 valence electrons. The molecular weight excluding hydrogens is 166 g/mol. The average Bonchev–Trinajstić information content (AvgIpc) is 2.24. The van der Waals surface area contributed by atoms with E-state index in [-0.39, 0.29) is 10.8 Å². The van der Waals surface area contributed by atoms with Gasteiger partial charge in [-0.15, -0.1) is 0 Å². The van der Waals surface area contributed by atoms with Crippen molar-refractivity contribution in [3.05, 3.63) is 0 Å². The van der Waals surface area contributed by atoms with Crippen molar-refractivity contribution >= 4 is 6.09 Å². The van der Waals surface area contributed by atoms with Crippen molar-refractivity contribution in [3.8, 4) is 0 Å². The first kappa shape index (κ1) is 10.4. The minimum atomic E-state index is -0.913. The molecule has 0 aromatic heterocycles. The second-order valence-electron chi connectivity index (χ2n) is 4.96. The van der Waals surface area contributed by atoms with E-state index in [0.717, 1.165) is 6.42 Å². The van der Waals surface area contributed by atoms with Crippen molar-refractivity contribution in [2.24, 2.45) is 10.8 Å². The summed E-state index contributed by atoms with van der Waals surface area (Å²) in [4.78, 5) is 10.4. The Labute approximate surface area is 79.5 Å². The summed E-state index contributed by atoms with van der Waals surface area (Å²) in [7, 11) is 0. The largest absolute Gasteiger partial charge is 0.465 e. The van der Waals surface area contributed by atoms with Crippen LogP contribution in [-0.2, 0) is 0 Å². The van der Waals surface area contributed by atoms with Crippen LogP contribution in [0.15, 0.2) is 0 Å². The van der Waals surface area contributed by atoms with Crippen molar-refractivity contribution in [2.45, 2.75) is 40.0 Å². The van der Waals surface area contributed by atoms with E-state index in [9.17, 15) is 4.79 Å².